The first kappa shape index (κ1) is 46.1. The zero-order valence-electron chi connectivity index (χ0n) is 43.1. The van der Waals surface area contributed by atoms with Crippen molar-refractivity contribution < 1.29 is 0 Å². The van der Waals surface area contributed by atoms with E-state index in [1.165, 1.54) is 70.2 Å². The monoisotopic (exact) mass is 887 g/mol. The molecule has 0 atom stereocenters. The molecule has 5 aromatic rings. The van der Waals surface area contributed by atoms with Crippen LogP contribution in [0.1, 0.15) is 207 Å². The predicted molar refractivity (Wildman–Crippen MR) is 282 cm³/mol. The topological polar surface area (TPSA) is 6.48 Å². The molecule has 0 heterocycles. The highest BCUT2D eigenvalue weighted by molar-refractivity contribution is 6.36. The van der Waals surface area contributed by atoms with Gasteiger partial charge in [-0.2, -0.15) is 0 Å². The lowest BCUT2D eigenvalue weighted by Crippen LogP contribution is -2.34. The molecule has 0 aromatic heterocycles. The van der Waals surface area contributed by atoms with Crippen molar-refractivity contribution in [3.63, 3.8) is 0 Å². The van der Waals surface area contributed by atoms with Crippen molar-refractivity contribution in [2.45, 2.75) is 205 Å². The maximum absolute atomic E-state index is 8.19. The number of halogens is 1. The molecular formula is C62H79ClN2. The Bertz CT molecular complexity index is 2360. The van der Waals surface area contributed by atoms with E-state index in [0.29, 0.717) is 0 Å². The first-order valence-corrected chi connectivity index (χ1v) is 25.4. The van der Waals surface area contributed by atoms with Gasteiger partial charge in [-0.3, -0.25) is 0 Å². The number of benzene rings is 5. The molecule has 5 aromatic carbocycles. The van der Waals surface area contributed by atoms with Gasteiger partial charge in [-0.05, 0) is 200 Å². The van der Waals surface area contributed by atoms with Gasteiger partial charge in [0.25, 0.3) is 0 Å². The van der Waals surface area contributed by atoms with Crippen molar-refractivity contribution in [1.29, 1.82) is 0 Å². The van der Waals surface area contributed by atoms with E-state index in [2.05, 4.69) is 212 Å². The van der Waals surface area contributed by atoms with Crippen molar-refractivity contribution in [3.8, 4) is 0 Å². The van der Waals surface area contributed by atoms with E-state index in [1.54, 1.807) is 0 Å². The second kappa shape index (κ2) is 15.0. The third kappa shape index (κ3) is 7.69. The van der Waals surface area contributed by atoms with E-state index >= 15 is 0 Å². The maximum Gasteiger partial charge on any atom is 0.0887 e. The summed E-state index contributed by atoms with van der Waals surface area (Å²) in [5, 5.41) is 0.747. The molecular weight excluding hydrogens is 808 g/mol. The minimum Gasteiger partial charge on any atom is -0.309 e. The van der Waals surface area contributed by atoms with Crippen LogP contribution >= 0.6 is 11.6 Å². The van der Waals surface area contributed by atoms with Gasteiger partial charge in [-0.15, -0.1) is 0 Å². The fourth-order valence-corrected chi connectivity index (χ4v) is 12.9. The molecule has 0 radical (unpaired) electrons. The van der Waals surface area contributed by atoms with Gasteiger partial charge in [0.05, 0.1) is 16.4 Å². The van der Waals surface area contributed by atoms with Gasteiger partial charge < -0.3 is 9.80 Å². The fourth-order valence-electron chi connectivity index (χ4n) is 12.6. The summed E-state index contributed by atoms with van der Waals surface area (Å²) in [5.74, 6) is 0. The van der Waals surface area contributed by atoms with Gasteiger partial charge in [-0.25, -0.2) is 0 Å². The Balaban J connectivity index is 1.31. The molecule has 0 fully saturated rings. The summed E-state index contributed by atoms with van der Waals surface area (Å²) in [5.41, 5.74) is 19.0. The second-order valence-electron chi connectivity index (χ2n) is 26.3. The molecule has 0 unspecified atom stereocenters. The minimum atomic E-state index is 0.0560. The molecule has 0 bridgehead atoms. The number of rotatable bonds is 6. The van der Waals surface area contributed by atoms with Gasteiger partial charge in [0.15, 0.2) is 0 Å². The maximum atomic E-state index is 8.19. The van der Waals surface area contributed by atoms with Crippen molar-refractivity contribution >= 4 is 45.7 Å². The van der Waals surface area contributed by atoms with Crippen LogP contribution < -0.4 is 9.80 Å². The quantitative estimate of drug-likeness (QED) is 0.168. The second-order valence-corrected chi connectivity index (χ2v) is 26.6. The Hall–Kier alpha value is -4.01. The van der Waals surface area contributed by atoms with Crippen LogP contribution in [0.25, 0.3) is 0 Å². The smallest absolute Gasteiger partial charge is 0.0887 e. The van der Waals surface area contributed by atoms with E-state index in [-0.39, 0.29) is 43.3 Å². The van der Waals surface area contributed by atoms with E-state index in [9.17, 15) is 0 Å². The van der Waals surface area contributed by atoms with E-state index in [0.717, 1.165) is 64.8 Å². The Morgan fingerprint density at radius 2 is 0.492 bits per heavy atom. The fraction of sp³-hybridized carbons (Fsp3) is 0.516. The summed E-state index contributed by atoms with van der Waals surface area (Å²) < 4.78 is 0. The molecule has 2 nitrogen and oxygen atoms in total. The molecule has 3 heteroatoms. The van der Waals surface area contributed by atoms with Gasteiger partial charge in [0.2, 0.25) is 0 Å². The molecule has 65 heavy (non-hydrogen) atoms. The first-order chi connectivity index (χ1) is 30.1. The van der Waals surface area contributed by atoms with Crippen LogP contribution in [0, 0.1) is 0 Å². The average molecular weight is 888 g/mol. The van der Waals surface area contributed by atoms with E-state index in [4.69, 9.17) is 11.6 Å². The Morgan fingerprint density at radius 1 is 0.292 bits per heavy atom. The molecule has 0 saturated carbocycles. The summed E-state index contributed by atoms with van der Waals surface area (Å²) in [6.07, 6.45) is 9.38. The molecule has 0 saturated heterocycles. The molecule has 9 rings (SSSR count). The lowest BCUT2D eigenvalue weighted by Gasteiger charge is -2.44. The normalized spacial score (nSPS) is 22.1. The Kier molecular flexibility index (Phi) is 10.6. The average Bonchev–Trinajstić information content (AvgIpc) is 3.23. The number of hydrogen-bond acceptors (Lipinski definition) is 2. The van der Waals surface area contributed by atoms with E-state index in [1.807, 2.05) is 0 Å². The standard InChI is InChI=1S/C62H79ClN2/c1-55(2)28-32-59(9,10)48-36-40(20-24-44(48)55)64(41-21-25-45-49(37-41)60(11,12)33-29-56(45,3)4)52-18-17-19-53(54(52)63)65(42-22-26-46-50(38-42)61(13,14)34-30-57(46,5)6)43-23-27-47-51(39-43)62(15,16)35-31-58(47,7)8/h17-27,36-39H,28-35H2,1-16H3. The summed E-state index contributed by atoms with van der Waals surface area (Å²) >= 11 is 8.19. The lowest BCUT2D eigenvalue weighted by atomic mass is 9.63. The Labute approximate surface area is 399 Å². The third-order valence-corrected chi connectivity index (χ3v) is 18.2. The molecule has 0 aliphatic heterocycles. The van der Waals surface area contributed by atoms with Crippen LogP contribution in [-0.4, -0.2) is 0 Å². The number of nitrogens with zero attached hydrogens (tertiary/aromatic N) is 2. The highest BCUT2D eigenvalue weighted by Crippen LogP contribution is 2.55. The molecule has 0 N–H and O–H groups in total. The zero-order chi connectivity index (χ0) is 47.1. The van der Waals surface area contributed by atoms with Gasteiger partial charge in [0, 0.05) is 22.7 Å². The van der Waals surface area contributed by atoms with Crippen molar-refractivity contribution in [1.82, 2.24) is 0 Å². The van der Waals surface area contributed by atoms with E-state index < -0.39 is 0 Å². The van der Waals surface area contributed by atoms with Gasteiger partial charge in [0.1, 0.15) is 0 Å². The molecule has 4 aliphatic carbocycles. The lowest BCUT2D eigenvalue weighted by molar-refractivity contribution is 0.332. The van der Waals surface area contributed by atoms with Crippen LogP contribution in [0.15, 0.2) is 91.0 Å². The number of fused-ring (bicyclic) bond motifs is 4. The van der Waals surface area contributed by atoms with Crippen molar-refractivity contribution in [3.05, 3.63) is 141 Å². The van der Waals surface area contributed by atoms with Crippen LogP contribution in [0.3, 0.4) is 0 Å². The predicted octanol–water partition coefficient (Wildman–Crippen LogP) is 18.7. The largest absolute Gasteiger partial charge is 0.309 e. The summed E-state index contributed by atoms with van der Waals surface area (Å²) in [7, 11) is 0. The highest BCUT2D eigenvalue weighted by atomic mass is 35.5. The van der Waals surface area contributed by atoms with Crippen molar-refractivity contribution in [2.24, 2.45) is 0 Å². The van der Waals surface area contributed by atoms with Crippen LogP contribution in [-0.2, 0) is 43.3 Å². The molecule has 0 spiro atoms. The zero-order valence-corrected chi connectivity index (χ0v) is 43.8. The van der Waals surface area contributed by atoms with Crippen LogP contribution in [0.4, 0.5) is 34.1 Å². The third-order valence-electron chi connectivity index (χ3n) is 17.8. The summed E-state index contributed by atoms with van der Waals surface area (Å²) in [4.78, 5) is 4.97. The molecule has 4 aliphatic rings. The van der Waals surface area contributed by atoms with Gasteiger partial charge >= 0.3 is 0 Å². The summed E-state index contributed by atoms with van der Waals surface area (Å²) in [6, 6.07) is 36.0. The summed E-state index contributed by atoms with van der Waals surface area (Å²) in [6.45, 7) is 38.9. The SMILES string of the molecule is CC1(C)CCC(C)(C)c2cc(N(c3ccc4c(c3)C(C)(C)CCC4(C)C)c3cccc(N(c4ccc5c(c4)C(C)(C)CCC5(C)C)c4ccc5c(c4)C(C)(C)CCC5(C)C)c3Cl)ccc21. The molecule has 344 valence electrons. The van der Waals surface area contributed by atoms with Crippen LogP contribution in [0.5, 0.6) is 0 Å². The van der Waals surface area contributed by atoms with Gasteiger partial charge in [-0.1, -0.05) is 153 Å². The number of anilines is 6. The Morgan fingerprint density at radius 3 is 0.708 bits per heavy atom. The highest BCUT2D eigenvalue weighted by Gasteiger charge is 2.42. The number of hydrogen-bond donors (Lipinski definition) is 0. The molecule has 0 amide bonds. The van der Waals surface area contributed by atoms with Crippen molar-refractivity contribution in [2.75, 3.05) is 9.80 Å². The van der Waals surface area contributed by atoms with Crippen LogP contribution in [0.2, 0.25) is 5.02 Å². The first-order valence-electron chi connectivity index (χ1n) is 25.1. The minimum absolute atomic E-state index is 0.0560.